The molecule has 0 radical (unpaired) electrons. The van der Waals surface area contributed by atoms with E-state index in [1.54, 1.807) is 6.20 Å². The minimum Gasteiger partial charge on any atom is -0.465 e. The number of esters is 1. The molecule has 16 heteroatoms. The Hall–Kier alpha value is -8.99. The first kappa shape index (κ1) is 50.0. The van der Waals surface area contributed by atoms with Crippen molar-refractivity contribution in [3.05, 3.63) is 171 Å². The Balaban J connectivity index is 0.000000183. The quantitative estimate of drug-likeness (QED) is 0.0633. The van der Waals surface area contributed by atoms with Gasteiger partial charge in [-0.25, -0.2) is 24.7 Å². The number of rotatable bonds is 13. The Morgan fingerprint density at radius 1 is 0.595 bits per heavy atom. The standard InChI is InChI=1S/C30H30N6O3.C28H27N5O2/c1-4-27(37)32-22-9-5-7-20(17-22)24-10-6-8-21-19-31-30(34-28(21)24)33-26-12-11-23(18-25(26)29(38)39-3)36-15-13-35(2)14-16-36;1-2-26(34)30-23-8-3-6-20(18-23)25-9-4-7-21-19-29-28(32-27(21)25)31-22-10-12-24(13-11-22)33-14-5-16-35-17-15-33/h4-12,17-19H,1,13-16H2,2-3H3,(H,32,37)(H,31,33,34);2-4,6-13,18-19H,1,5,14-17H2,(H,30,34)(H,29,31,32). The number of amides is 2. The van der Waals surface area contributed by atoms with Crippen molar-refractivity contribution < 1.29 is 23.9 Å². The van der Waals surface area contributed by atoms with Gasteiger partial charge >= 0.3 is 5.97 Å². The highest BCUT2D eigenvalue weighted by molar-refractivity contribution is 6.02. The summed E-state index contributed by atoms with van der Waals surface area (Å²) in [7, 11) is 3.48. The van der Waals surface area contributed by atoms with E-state index in [0.29, 0.717) is 34.5 Å². The van der Waals surface area contributed by atoms with Gasteiger partial charge in [-0.1, -0.05) is 73.8 Å². The number of piperazine rings is 1. The molecule has 0 spiro atoms. The predicted molar refractivity (Wildman–Crippen MR) is 296 cm³/mol. The van der Waals surface area contributed by atoms with Crippen LogP contribution in [0.1, 0.15) is 16.8 Å². The van der Waals surface area contributed by atoms with Crippen LogP contribution in [0.5, 0.6) is 0 Å². The summed E-state index contributed by atoms with van der Waals surface area (Å²) in [6.45, 7) is 14.2. The van der Waals surface area contributed by atoms with E-state index in [1.165, 1.54) is 24.9 Å². The normalized spacial score (nSPS) is 13.7. The zero-order valence-electron chi connectivity index (χ0n) is 41.4. The monoisotopic (exact) mass is 987 g/mol. The van der Waals surface area contributed by atoms with Gasteiger partial charge in [0.25, 0.3) is 0 Å². The highest BCUT2D eigenvalue weighted by Crippen LogP contribution is 2.33. The maximum absolute atomic E-state index is 12.7. The number of nitrogens with one attached hydrogen (secondary N) is 4. The molecule has 10 rings (SSSR count). The lowest BCUT2D eigenvalue weighted by molar-refractivity contribution is -0.112. The van der Waals surface area contributed by atoms with Crippen molar-refractivity contribution in [2.45, 2.75) is 6.42 Å². The van der Waals surface area contributed by atoms with Gasteiger partial charge in [-0.3, -0.25) is 9.59 Å². The number of benzene rings is 6. The van der Waals surface area contributed by atoms with E-state index in [-0.39, 0.29) is 11.8 Å². The fourth-order valence-electron chi connectivity index (χ4n) is 8.80. The highest BCUT2D eigenvalue weighted by atomic mass is 16.5. The van der Waals surface area contributed by atoms with E-state index in [2.05, 4.69) is 78.3 Å². The lowest BCUT2D eigenvalue weighted by atomic mass is 10.0. The minimum absolute atomic E-state index is 0.246. The summed E-state index contributed by atoms with van der Waals surface area (Å²) in [5, 5.41) is 14.0. The van der Waals surface area contributed by atoms with E-state index in [9.17, 15) is 14.4 Å². The van der Waals surface area contributed by atoms with Crippen molar-refractivity contribution in [3.63, 3.8) is 0 Å². The van der Waals surface area contributed by atoms with Gasteiger partial charge < -0.3 is 45.4 Å². The van der Waals surface area contributed by atoms with Gasteiger partial charge in [0.05, 0.1) is 36.0 Å². The molecule has 4 heterocycles. The number of para-hydroxylation sites is 2. The van der Waals surface area contributed by atoms with Crippen LogP contribution in [-0.4, -0.2) is 109 Å². The molecule has 6 aromatic carbocycles. The third-order valence-corrected chi connectivity index (χ3v) is 12.7. The number of nitrogens with zero attached hydrogens (tertiary/aromatic N) is 7. The third kappa shape index (κ3) is 12.2. The van der Waals surface area contributed by atoms with Gasteiger partial charge in [0.1, 0.15) is 0 Å². The van der Waals surface area contributed by atoms with Crippen LogP contribution in [0.15, 0.2) is 165 Å². The molecule has 0 bridgehead atoms. The fourth-order valence-corrected chi connectivity index (χ4v) is 8.80. The number of likely N-dealkylation sites (N-methyl/N-ethyl adjacent to an activating group) is 1. The first-order chi connectivity index (χ1) is 36.1. The van der Waals surface area contributed by atoms with Gasteiger partial charge in [0.2, 0.25) is 23.7 Å². The van der Waals surface area contributed by atoms with Gasteiger partial charge in [0.15, 0.2) is 0 Å². The van der Waals surface area contributed by atoms with E-state index >= 15 is 0 Å². The van der Waals surface area contributed by atoms with Gasteiger partial charge in [0, 0.05) is 109 Å². The third-order valence-electron chi connectivity index (χ3n) is 12.7. The molecule has 0 aliphatic carbocycles. The van der Waals surface area contributed by atoms with Crippen LogP contribution < -0.4 is 31.1 Å². The molecule has 74 heavy (non-hydrogen) atoms. The second kappa shape index (κ2) is 23.5. The molecule has 0 saturated carbocycles. The lowest BCUT2D eigenvalue weighted by Gasteiger charge is -2.34. The van der Waals surface area contributed by atoms with Crippen LogP contribution in [0.3, 0.4) is 0 Å². The molecule has 374 valence electrons. The average Bonchev–Trinajstić information content (AvgIpc) is 3.73. The first-order valence-electron chi connectivity index (χ1n) is 24.4. The SMILES string of the molecule is C=CC(=O)Nc1cccc(-c2cccc3cnc(Nc4ccc(N5CCCOCC5)cc4)nc23)c1.C=CC(=O)Nc1cccc(-c2cccc3cnc(Nc4ccc(N5CCN(C)CC5)cc4C(=O)OC)nc23)c1. The molecule has 8 aromatic rings. The summed E-state index contributed by atoms with van der Waals surface area (Å²) in [6, 6.07) is 41.1. The summed E-state index contributed by atoms with van der Waals surface area (Å²) in [5.41, 5.74) is 10.7. The molecule has 0 atom stereocenters. The van der Waals surface area contributed by atoms with E-state index in [4.69, 9.17) is 19.4 Å². The number of carbonyl (C=O) groups is 3. The fraction of sp³-hybridized carbons (Fsp3) is 0.190. The molecular formula is C58H57N11O5. The van der Waals surface area contributed by atoms with Crippen molar-refractivity contribution in [2.75, 3.05) is 97.7 Å². The predicted octanol–water partition coefficient (Wildman–Crippen LogP) is 10.1. The largest absolute Gasteiger partial charge is 0.465 e. The van der Waals surface area contributed by atoms with Crippen molar-refractivity contribution in [1.82, 2.24) is 24.8 Å². The molecular weight excluding hydrogens is 931 g/mol. The maximum atomic E-state index is 12.7. The van der Waals surface area contributed by atoms with E-state index in [0.717, 1.165) is 114 Å². The summed E-state index contributed by atoms with van der Waals surface area (Å²) >= 11 is 0. The Kier molecular flexibility index (Phi) is 15.9. The number of hydrogen-bond acceptors (Lipinski definition) is 14. The molecule has 0 unspecified atom stereocenters. The number of carbonyl (C=O) groups excluding carboxylic acids is 3. The number of hydrogen-bond donors (Lipinski definition) is 4. The van der Waals surface area contributed by atoms with Crippen LogP contribution in [0, 0.1) is 0 Å². The molecule has 2 aromatic heterocycles. The molecule has 2 aliphatic heterocycles. The van der Waals surface area contributed by atoms with Crippen molar-refractivity contribution in [1.29, 1.82) is 0 Å². The molecule has 2 saturated heterocycles. The second-order valence-electron chi connectivity index (χ2n) is 17.7. The molecule has 2 aliphatic rings. The van der Waals surface area contributed by atoms with Crippen LogP contribution in [-0.2, 0) is 19.1 Å². The number of fused-ring (bicyclic) bond motifs is 2. The molecule has 16 nitrogen and oxygen atoms in total. The molecule has 2 fully saturated rings. The summed E-state index contributed by atoms with van der Waals surface area (Å²) in [5.74, 6) is -0.0862. The highest BCUT2D eigenvalue weighted by Gasteiger charge is 2.20. The topological polar surface area (TPSA) is 179 Å². The van der Waals surface area contributed by atoms with Crippen molar-refractivity contribution >= 4 is 85.6 Å². The minimum atomic E-state index is -0.437. The van der Waals surface area contributed by atoms with Crippen molar-refractivity contribution in [3.8, 4) is 22.3 Å². The van der Waals surface area contributed by atoms with Crippen LogP contribution >= 0.6 is 0 Å². The number of anilines is 8. The Morgan fingerprint density at radius 3 is 1.73 bits per heavy atom. The van der Waals surface area contributed by atoms with E-state index < -0.39 is 5.97 Å². The van der Waals surface area contributed by atoms with Gasteiger partial charge in [-0.2, -0.15) is 0 Å². The smallest absolute Gasteiger partial charge is 0.340 e. The average molecular weight is 988 g/mol. The summed E-state index contributed by atoms with van der Waals surface area (Å²) < 4.78 is 10.6. The van der Waals surface area contributed by atoms with Gasteiger partial charge in [-0.05, 0) is 103 Å². The lowest BCUT2D eigenvalue weighted by Crippen LogP contribution is -2.44. The number of aromatic nitrogens is 4. The summed E-state index contributed by atoms with van der Waals surface area (Å²) in [4.78, 5) is 61.8. The van der Waals surface area contributed by atoms with E-state index in [1.807, 2.05) is 121 Å². The number of ether oxygens (including phenoxy) is 2. The van der Waals surface area contributed by atoms with Gasteiger partial charge in [-0.15, -0.1) is 0 Å². The summed E-state index contributed by atoms with van der Waals surface area (Å²) in [6.07, 6.45) is 7.09. The molecule has 4 N–H and O–H groups in total. The Bertz CT molecular complexity index is 3330. The zero-order chi connectivity index (χ0) is 51.4. The molecule has 2 amide bonds. The van der Waals surface area contributed by atoms with Crippen molar-refractivity contribution in [2.24, 2.45) is 0 Å². The van der Waals surface area contributed by atoms with Crippen LogP contribution in [0.4, 0.5) is 46.0 Å². The second-order valence-corrected chi connectivity index (χ2v) is 17.7. The zero-order valence-corrected chi connectivity index (χ0v) is 41.4. The first-order valence-corrected chi connectivity index (χ1v) is 24.4. The maximum Gasteiger partial charge on any atom is 0.340 e. The van der Waals surface area contributed by atoms with Crippen LogP contribution in [0.2, 0.25) is 0 Å². The Labute approximate surface area is 429 Å². The van der Waals surface area contributed by atoms with Crippen LogP contribution in [0.25, 0.3) is 44.1 Å². The Morgan fingerprint density at radius 2 is 1.15 bits per heavy atom. The number of methoxy groups -OCH3 is 1.